The Labute approximate surface area is 319 Å². The number of carboxylic acid groups (broad SMARTS) is 1. The zero-order valence-corrected chi connectivity index (χ0v) is 31.5. The molecule has 1 amide bonds. The molecule has 15 heteroatoms. The minimum atomic E-state index is -4.95. The summed E-state index contributed by atoms with van der Waals surface area (Å²) < 4.78 is 118. The molecule has 1 saturated heterocycles. The third kappa shape index (κ3) is 9.28. The molecule has 302 valence electrons. The van der Waals surface area contributed by atoms with Crippen molar-refractivity contribution in [3.05, 3.63) is 91.6 Å². The summed E-state index contributed by atoms with van der Waals surface area (Å²) in [6.45, 7) is 8.32. The van der Waals surface area contributed by atoms with Gasteiger partial charge < -0.3 is 19.9 Å². The lowest BCUT2D eigenvalue weighted by molar-refractivity contribution is -0.139. The molecule has 0 bridgehead atoms. The van der Waals surface area contributed by atoms with Crippen molar-refractivity contribution >= 4 is 11.9 Å². The summed E-state index contributed by atoms with van der Waals surface area (Å²) in [5.74, 6) is -5.42. The Morgan fingerprint density at radius 1 is 1.02 bits per heavy atom. The third-order valence-corrected chi connectivity index (χ3v) is 10.5. The van der Waals surface area contributed by atoms with Crippen LogP contribution in [-0.4, -0.2) is 52.0 Å². The topological polar surface area (TPSA) is 91.6 Å². The fourth-order valence-electron chi connectivity index (χ4n) is 7.75. The van der Waals surface area contributed by atoms with Crippen LogP contribution >= 0.6 is 0 Å². The van der Waals surface area contributed by atoms with E-state index in [9.17, 15) is 45.8 Å². The number of aliphatic carboxylic acids is 1. The maximum absolute atomic E-state index is 16.7. The van der Waals surface area contributed by atoms with Crippen molar-refractivity contribution < 1.29 is 49.8 Å². The summed E-state index contributed by atoms with van der Waals surface area (Å²) in [6, 6.07) is 0.320. The third-order valence-electron chi connectivity index (χ3n) is 10.5. The van der Waals surface area contributed by atoms with Gasteiger partial charge in [0.05, 0.1) is 23.6 Å². The predicted molar refractivity (Wildman–Crippen MR) is 193 cm³/mol. The average molecular weight is 794 g/mol. The average Bonchev–Trinajstić information content (AvgIpc) is 3.69. The Balaban J connectivity index is 1.57. The fraction of sp³-hybridized carbons (Fsp3) is 0.488. The van der Waals surface area contributed by atoms with Crippen LogP contribution in [0.3, 0.4) is 0 Å². The highest BCUT2D eigenvalue weighted by Gasteiger charge is 2.57. The number of halogens is 8. The second-order valence-corrected chi connectivity index (χ2v) is 15.2. The molecule has 1 aromatic heterocycles. The molecule has 1 aliphatic carbocycles. The number of alkyl halides is 5. The molecule has 5 rings (SSSR count). The minimum absolute atomic E-state index is 0.110. The molecular weight excluding hydrogens is 750 g/mol. The normalized spacial score (nSPS) is 18.3. The van der Waals surface area contributed by atoms with Crippen LogP contribution in [0.25, 0.3) is 11.1 Å². The van der Waals surface area contributed by atoms with Gasteiger partial charge in [0.1, 0.15) is 23.5 Å². The summed E-state index contributed by atoms with van der Waals surface area (Å²) in [6.07, 6.45) is -5.10. The molecule has 3 aromatic rings. The number of rotatable bonds is 12. The number of aromatic nitrogens is 1. The van der Waals surface area contributed by atoms with Crippen LogP contribution in [0.5, 0.6) is 0 Å². The molecule has 7 nitrogen and oxygen atoms in total. The van der Waals surface area contributed by atoms with Crippen molar-refractivity contribution in [3.8, 4) is 23.0 Å². The van der Waals surface area contributed by atoms with E-state index in [2.05, 4.69) is 17.2 Å². The monoisotopic (exact) mass is 793 g/mol. The molecule has 1 saturated carbocycles. The van der Waals surface area contributed by atoms with Gasteiger partial charge in [-0.25, -0.2) is 22.0 Å². The summed E-state index contributed by atoms with van der Waals surface area (Å²) in [7, 11) is 0. The van der Waals surface area contributed by atoms with Crippen LogP contribution in [0.15, 0.2) is 35.3 Å². The maximum atomic E-state index is 16.7. The van der Waals surface area contributed by atoms with Crippen molar-refractivity contribution in [2.45, 2.75) is 96.8 Å². The SMILES string of the molecule is CC#Cc1cc(-c2c(C)cc(F)cc2C)c(F)c([C@H](CC(=O)O)NC(=O)[C@H](CC(C)C)n2cc(C3CCN(C[C@H]4CC4(F)F)CC3)c(C(F)(F)F)cc2=O)c1F. The van der Waals surface area contributed by atoms with Gasteiger partial charge in [0, 0.05) is 42.3 Å². The summed E-state index contributed by atoms with van der Waals surface area (Å²) >= 11 is 0. The van der Waals surface area contributed by atoms with Gasteiger partial charge >= 0.3 is 12.1 Å². The van der Waals surface area contributed by atoms with E-state index in [0.29, 0.717) is 6.07 Å². The first kappa shape index (κ1) is 42.4. The van der Waals surface area contributed by atoms with Gasteiger partial charge in [-0.2, -0.15) is 13.2 Å². The number of carbonyl (C=O) groups is 2. The zero-order valence-electron chi connectivity index (χ0n) is 31.5. The van der Waals surface area contributed by atoms with Gasteiger partial charge in [0.25, 0.3) is 11.5 Å². The van der Waals surface area contributed by atoms with Gasteiger partial charge in [-0.15, -0.1) is 5.92 Å². The molecule has 0 unspecified atom stereocenters. The first-order valence-electron chi connectivity index (χ1n) is 18.3. The minimum Gasteiger partial charge on any atom is -0.481 e. The van der Waals surface area contributed by atoms with Crippen LogP contribution in [0, 0.1) is 55.0 Å². The number of carbonyl (C=O) groups excluding carboxylic acids is 1. The van der Waals surface area contributed by atoms with Crippen molar-refractivity contribution in [3.63, 3.8) is 0 Å². The van der Waals surface area contributed by atoms with E-state index in [4.69, 9.17) is 0 Å². The number of pyridine rings is 1. The Morgan fingerprint density at radius 2 is 1.62 bits per heavy atom. The van der Waals surface area contributed by atoms with Gasteiger partial charge in [0.15, 0.2) is 0 Å². The number of hydrogen-bond acceptors (Lipinski definition) is 4. The first-order valence-corrected chi connectivity index (χ1v) is 18.3. The molecule has 2 aliphatic rings. The maximum Gasteiger partial charge on any atom is 0.416 e. The summed E-state index contributed by atoms with van der Waals surface area (Å²) in [5, 5.41) is 12.3. The van der Waals surface area contributed by atoms with Gasteiger partial charge in [-0.1, -0.05) is 19.8 Å². The van der Waals surface area contributed by atoms with Gasteiger partial charge in [-0.05, 0) is 105 Å². The molecule has 2 heterocycles. The van der Waals surface area contributed by atoms with Gasteiger partial charge in [0.2, 0.25) is 5.91 Å². The van der Waals surface area contributed by atoms with E-state index in [-0.39, 0.29) is 84.6 Å². The lowest BCUT2D eigenvalue weighted by Gasteiger charge is -2.34. The summed E-state index contributed by atoms with van der Waals surface area (Å²) in [4.78, 5) is 41.7. The predicted octanol–water partition coefficient (Wildman–Crippen LogP) is 8.69. The lowest BCUT2D eigenvalue weighted by Crippen LogP contribution is -2.41. The molecule has 3 atom stereocenters. The van der Waals surface area contributed by atoms with Gasteiger partial charge in [-0.3, -0.25) is 14.4 Å². The Hall–Kier alpha value is -4.71. The highest BCUT2D eigenvalue weighted by Crippen LogP contribution is 2.49. The molecular formula is C41H43F8N3O4. The molecule has 1 aliphatic heterocycles. The Kier molecular flexibility index (Phi) is 12.4. The van der Waals surface area contributed by atoms with Crippen LogP contribution in [-0.2, 0) is 15.8 Å². The number of hydrogen-bond donors (Lipinski definition) is 2. The van der Waals surface area contributed by atoms with Crippen LogP contribution in [0.1, 0.15) is 104 Å². The number of benzene rings is 2. The van der Waals surface area contributed by atoms with E-state index < -0.39 is 88.5 Å². The molecule has 2 fully saturated rings. The number of amides is 1. The highest BCUT2D eigenvalue weighted by molar-refractivity contribution is 5.82. The number of likely N-dealkylation sites (tertiary alicyclic amines) is 1. The molecule has 56 heavy (non-hydrogen) atoms. The van der Waals surface area contributed by atoms with Crippen molar-refractivity contribution in [1.29, 1.82) is 0 Å². The van der Waals surface area contributed by atoms with E-state index in [1.165, 1.54) is 20.8 Å². The zero-order chi connectivity index (χ0) is 41.4. The smallest absolute Gasteiger partial charge is 0.416 e. The summed E-state index contributed by atoms with van der Waals surface area (Å²) in [5.41, 5.74) is -3.36. The fourth-order valence-corrected chi connectivity index (χ4v) is 7.75. The number of piperidine rings is 1. The van der Waals surface area contributed by atoms with E-state index >= 15 is 8.78 Å². The van der Waals surface area contributed by atoms with Crippen molar-refractivity contribution in [2.24, 2.45) is 11.8 Å². The molecule has 2 N–H and O–H groups in total. The van der Waals surface area contributed by atoms with E-state index in [0.717, 1.165) is 29.0 Å². The Morgan fingerprint density at radius 3 is 2.14 bits per heavy atom. The van der Waals surface area contributed by atoms with Crippen molar-refractivity contribution in [2.75, 3.05) is 19.6 Å². The highest BCUT2D eigenvalue weighted by atomic mass is 19.4. The van der Waals surface area contributed by atoms with Crippen LogP contribution in [0.2, 0.25) is 0 Å². The number of nitrogens with zero attached hydrogens (tertiary/aromatic N) is 2. The largest absolute Gasteiger partial charge is 0.481 e. The first-order chi connectivity index (χ1) is 26.1. The standard InChI is InChI=1S/C41H43F8N3O4/c1-6-7-25-15-28(35-22(4)13-27(42)14-23(35)5)38(44)36(37(25)43)31(17-34(54)55)50-39(56)32(12-21(2)3)52-20-29(30(16-33(52)53)41(47,48)49)24-8-10-51(11-9-24)19-26-18-40(26,45)46/h13-16,20-21,24,26,31-32H,8-12,17-19H2,1-5H3,(H,50,56)(H,54,55)/t26-,31+,32+/m1/s1. The van der Waals surface area contributed by atoms with Crippen LogP contribution < -0.4 is 10.9 Å². The van der Waals surface area contributed by atoms with Crippen LogP contribution in [0.4, 0.5) is 35.1 Å². The van der Waals surface area contributed by atoms with Crippen molar-refractivity contribution in [1.82, 2.24) is 14.8 Å². The number of carboxylic acids is 1. The van der Waals surface area contributed by atoms with E-state index in [1.54, 1.807) is 18.7 Å². The number of aryl methyl sites for hydroxylation is 2. The molecule has 2 aromatic carbocycles. The second-order valence-electron chi connectivity index (χ2n) is 15.2. The quantitative estimate of drug-likeness (QED) is 0.142. The lowest BCUT2D eigenvalue weighted by atomic mass is 9.87. The number of nitrogens with one attached hydrogen (secondary N) is 1. The molecule has 0 radical (unpaired) electrons. The molecule has 0 spiro atoms. The van der Waals surface area contributed by atoms with E-state index in [1.807, 2.05) is 0 Å². The second kappa shape index (κ2) is 16.4. The Bertz CT molecular complexity index is 2100.